The summed E-state index contributed by atoms with van der Waals surface area (Å²) in [5, 5.41) is 12.3. The number of amides is 1. The Bertz CT molecular complexity index is 1060. The van der Waals surface area contributed by atoms with Gasteiger partial charge in [0.05, 0.1) is 12.3 Å². The molecule has 1 aromatic heterocycles. The number of rotatable bonds is 6. The number of benzene rings is 2. The highest BCUT2D eigenvalue weighted by molar-refractivity contribution is 6.30. The molecule has 162 valence electrons. The van der Waals surface area contributed by atoms with Gasteiger partial charge in [0, 0.05) is 22.2 Å². The molecule has 1 amide bonds. The third-order valence-electron chi connectivity index (χ3n) is 4.10. The van der Waals surface area contributed by atoms with Gasteiger partial charge < -0.3 is 15.2 Å². The van der Waals surface area contributed by atoms with Crippen molar-refractivity contribution in [2.75, 3.05) is 6.61 Å². The van der Waals surface area contributed by atoms with Gasteiger partial charge in [0.2, 0.25) is 0 Å². The molecule has 10 heteroatoms. The molecule has 0 aliphatic rings. The number of carbonyl (C=O) groups excluding carboxylic acids is 1. The molecule has 0 bridgehead atoms. The van der Waals surface area contributed by atoms with Crippen molar-refractivity contribution in [3.8, 4) is 28.4 Å². The van der Waals surface area contributed by atoms with E-state index >= 15 is 0 Å². The lowest BCUT2D eigenvalue weighted by Gasteiger charge is -2.13. The molecule has 2 aromatic carbocycles. The van der Waals surface area contributed by atoms with Gasteiger partial charge in [-0.15, -0.1) is 13.2 Å². The van der Waals surface area contributed by atoms with Crippen LogP contribution in [0.25, 0.3) is 22.6 Å². The van der Waals surface area contributed by atoms with Crippen molar-refractivity contribution in [3.63, 3.8) is 0 Å². The lowest BCUT2D eigenvalue weighted by atomic mass is 10.1. The van der Waals surface area contributed by atoms with Crippen LogP contribution >= 0.6 is 11.6 Å². The zero-order chi connectivity index (χ0) is 22.6. The molecule has 1 unspecified atom stereocenters. The molecule has 1 atom stereocenters. The Morgan fingerprint density at radius 1 is 1.10 bits per heavy atom. The highest BCUT2D eigenvalue weighted by Gasteiger charge is 2.31. The van der Waals surface area contributed by atoms with Crippen LogP contribution < -0.4 is 10.1 Å². The van der Waals surface area contributed by atoms with Crippen molar-refractivity contribution in [2.45, 2.75) is 19.3 Å². The van der Waals surface area contributed by atoms with Crippen LogP contribution in [0.3, 0.4) is 0 Å². The molecule has 3 rings (SSSR count). The fourth-order valence-electron chi connectivity index (χ4n) is 2.61. The summed E-state index contributed by atoms with van der Waals surface area (Å²) in [6.45, 7) is 1.37. The fourth-order valence-corrected chi connectivity index (χ4v) is 2.74. The third-order valence-corrected chi connectivity index (χ3v) is 4.35. The number of aliphatic hydroxyl groups is 1. The minimum absolute atomic E-state index is 0.0332. The maximum Gasteiger partial charge on any atom is 0.573 e. The third kappa shape index (κ3) is 6.16. The Hall–Kier alpha value is -3.17. The number of nitrogens with zero attached hydrogens (tertiary/aromatic N) is 2. The zero-order valence-electron chi connectivity index (χ0n) is 16.2. The van der Waals surface area contributed by atoms with E-state index in [2.05, 4.69) is 20.0 Å². The standard InChI is InChI=1S/C21H17ClF3N3O3/c1-12(11-29)26-20(30)18-10-17(13-4-8-16(9-5-13)31-21(23,24)25)27-19(28-18)14-2-6-15(22)7-3-14/h2-10,12,29H,11H2,1H3,(H,26,30). The second-order valence-electron chi connectivity index (χ2n) is 6.60. The van der Waals surface area contributed by atoms with Gasteiger partial charge in [0.1, 0.15) is 11.4 Å². The molecule has 0 fully saturated rings. The first-order valence-corrected chi connectivity index (χ1v) is 9.45. The summed E-state index contributed by atoms with van der Waals surface area (Å²) in [7, 11) is 0. The van der Waals surface area contributed by atoms with Crippen molar-refractivity contribution in [2.24, 2.45) is 0 Å². The van der Waals surface area contributed by atoms with Crippen LogP contribution in [0.1, 0.15) is 17.4 Å². The van der Waals surface area contributed by atoms with Crippen LogP contribution in [-0.2, 0) is 0 Å². The lowest BCUT2D eigenvalue weighted by Crippen LogP contribution is -2.35. The van der Waals surface area contributed by atoms with Gasteiger partial charge in [-0.1, -0.05) is 11.6 Å². The van der Waals surface area contributed by atoms with Crippen molar-refractivity contribution in [1.82, 2.24) is 15.3 Å². The Kier molecular flexibility index (Phi) is 6.77. The summed E-state index contributed by atoms with van der Waals surface area (Å²) >= 11 is 5.92. The van der Waals surface area contributed by atoms with E-state index in [1.807, 2.05) is 0 Å². The normalized spacial score (nSPS) is 12.3. The molecule has 0 aliphatic carbocycles. The fraction of sp³-hybridized carbons (Fsp3) is 0.190. The first-order chi connectivity index (χ1) is 14.6. The van der Waals surface area contributed by atoms with E-state index < -0.39 is 18.3 Å². The van der Waals surface area contributed by atoms with E-state index in [1.54, 1.807) is 31.2 Å². The lowest BCUT2D eigenvalue weighted by molar-refractivity contribution is -0.274. The smallest absolute Gasteiger partial charge is 0.406 e. The second kappa shape index (κ2) is 9.32. The average molecular weight is 452 g/mol. The number of aliphatic hydroxyl groups excluding tert-OH is 1. The van der Waals surface area contributed by atoms with Crippen LogP contribution in [-0.4, -0.2) is 40.0 Å². The van der Waals surface area contributed by atoms with Crippen LogP contribution in [0.15, 0.2) is 54.6 Å². The van der Waals surface area contributed by atoms with Crippen molar-refractivity contribution in [1.29, 1.82) is 0 Å². The maximum absolute atomic E-state index is 12.6. The number of hydrogen-bond acceptors (Lipinski definition) is 5. The van der Waals surface area contributed by atoms with Gasteiger partial charge in [-0.3, -0.25) is 4.79 Å². The molecule has 3 aromatic rings. The van der Waals surface area contributed by atoms with Crippen molar-refractivity contribution >= 4 is 17.5 Å². The number of carbonyl (C=O) groups is 1. The number of hydrogen-bond donors (Lipinski definition) is 2. The number of ether oxygens (including phenoxy) is 1. The largest absolute Gasteiger partial charge is 0.573 e. The van der Waals surface area contributed by atoms with E-state index in [1.165, 1.54) is 18.2 Å². The van der Waals surface area contributed by atoms with E-state index in [4.69, 9.17) is 11.6 Å². The van der Waals surface area contributed by atoms with Crippen LogP contribution in [0, 0.1) is 0 Å². The molecular formula is C21H17ClF3N3O3. The first kappa shape index (κ1) is 22.5. The molecule has 2 N–H and O–H groups in total. The molecule has 1 heterocycles. The van der Waals surface area contributed by atoms with Gasteiger partial charge in [0.15, 0.2) is 5.82 Å². The van der Waals surface area contributed by atoms with E-state index in [-0.39, 0.29) is 23.9 Å². The summed E-state index contributed by atoms with van der Waals surface area (Å²) in [4.78, 5) is 21.3. The highest BCUT2D eigenvalue weighted by atomic mass is 35.5. The van der Waals surface area contributed by atoms with Gasteiger partial charge in [-0.25, -0.2) is 9.97 Å². The number of alkyl halides is 3. The SMILES string of the molecule is CC(CO)NC(=O)c1cc(-c2ccc(OC(F)(F)F)cc2)nc(-c2ccc(Cl)cc2)n1. The number of halogens is 4. The summed E-state index contributed by atoms with van der Waals surface area (Å²) in [6.07, 6.45) is -4.80. The molecular weight excluding hydrogens is 435 g/mol. The highest BCUT2D eigenvalue weighted by Crippen LogP contribution is 2.27. The Labute approximate surface area is 180 Å². The second-order valence-corrected chi connectivity index (χ2v) is 7.03. The van der Waals surface area contributed by atoms with Crippen molar-refractivity contribution < 1.29 is 27.8 Å². The van der Waals surface area contributed by atoms with Gasteiger partial charge in [0.25, 0.3) is 5.91 Å². The molecule has 6 nitrogen and oxygen atoms in total. The Morgan fingerprint density at radius 3 is 2.29 bits per heavy atom. The zero-order valence-corrected chi connectivity index (χ0v) is 16.9. The predicted octanol–water partition coefficient (Wildman–Crippen LogP) is 4.47. The van der Waals surface area contributed by atoms with Crippen LogP contribution in [0.4, 0.5) is 13.2 Å². The minimum Gasteiger partial charge on any atom is -0.406 e. The average Bonchev–Trinajstić information content (AvgIpc) is 2.73. The Balaban J connectivity index is 2.02. The van der Waals surface area contributed by atoms with E-state index in [0.717, 1.165) is 12.1 Å². The van der Waals surface area contributed by atoms with E-state index in [0.29, 0.717) is 21.8 Å². The van der Waals surface area contributed by atoms with Crippen molar-refractivity contribution in [3.05, 3.63) is 65.3 Å². The van der Waals surface area contributed by atoms with Gasteiger partial charge in [-0.2, -0.15) is 0 Å². The summed E-state index contributed by atoms with van der Waals surface area (Å²) in [5.74, 6) is -0.679. The maximum atomic E-state index is 12.6. The number of nitrogens with one attached hydrogen (secondary N) is 1. The quantitative estimate of drug-likeness (QED) is 0.577. The molecule has 0 saturated heterocycles. The summed E-state index contributed by atoms with van der Waals surface area (Å²) in [6, 6.07) is 12.7. The molecule has 0 radical (unpaired) electrons. The molecule has 0 aliphatic heterocycles. The molecule has 31 heavy (non-hydrogen) atoms. The predicted molar refractivity (Wildman–Crippen MR) is 109 cm³/mol. The summed E-state index contributed by atoms with van der Waals surface area (Å²) < 4.78 is 41.1. The van der Waals surface area contributed by atoms with Crippen LogP contribution in [0.5, 0.6) is 5.75 Å². The molecule has 0 spiro atoms. The molecule has 0 saturated carbocycles. The topological polar surface area (TPSA) is 84.3 Å². The minimum atomic E-state index is -4.80. The first-order valence-electron chi connectivity index (χ1n) is 9.07. The number of aromatic nitrogens is 2. The Morgan fingerprint density at radius 2 is 1.71 bits per heavy atom. The van der Waals surface area contributed by atoms with E-state index in [9.17, 15) is 23.1 Å². The summed E-state index contributed by atoms with van der Waals surface area (Å²) in [5.41, 5.74) is 1.40. The van der Waals surface area contributed by atoms with Crippen LogP contribution in [0.2, 0.25) is 5.02 Å². The van der Waals surface area contributed by atoms with Gasteiger partial charge in [-0.05, 0) is 61.5 Å². The monoisotopic (exact) mass is 451 g/mol. The van der Waals surface area contributed by atoms with Gasteiger partial charge >= 0.3 is 6.36 Å².